The van der Waals surface area contributed by atoms with Crippen molar-refractivity contribution in [1.29, 1.82) is 0 Å². The summed E-state index contributed by atoms with van der Waals surface area (Å²) in [6, 6.07) is 2.78. The maximum atomic E-state index is 12.7. The van der Waals surface area contributed by atoms with Gasteiger partial charge in [0.2, 0.25) is 0 Å². The fourth-order valence-corrected chi connectivity index (χ4v) is 3.87. The van der Waals surface area contributed by atoms with E-state index >= 15 is 0 Å². The van der Waals surface area contributed by atoms with Crippen LogP contribution in [0.1, 0.15) is 44.2 Å². The molecule has 1 aliphatic rings. The molecule has 122 valence electrons. The molecule has 1 aromatic rings. The van der Waals surface area contributed by atoms with Gasteiger partial charge in [-0.05, 0) is 24.5 Å². The molecule has 0 spiro atoms. The van der Waals surface area contributed by atoms with Crippen LogP contribution in [-0.2, 0) is 9.53 Å². The van der Waals surface area contributed by atoms with Crippen molar-refractivity contribution in [3.63, 3.8) is 0 Å². The Kier molecular flexibility index (Phi) is 5.94. The number of carbonyl (C=O) groups is 2. The molecule has 1 fully saturated rings. The zero-order valence-corrected chi connectivity index (χ0v) is 14.1. The first-order valence-electron chi connectivity index (χ1n) is 7.69. The summed E-state index contributed by atoms with van der Waals surface area (Å²) in [5.41, 5.74) is 0. The summed E-state index contributed by atoms with van der Waals surface area (Å²) in [7, 11) is 0. The third-order valence-corrected chi connectivity index (χ3v) is 4.78. The van der Waals surface area contributed by atoms with Crippen LogP contribution in [0, 0.1) is 5.92 Å². The lowest BCUT2D eigenvalue weighted by Gasteiger charge is -2.27. The smallest absolute Gasteiger partial charge is 0.329 e. The Bertz CT molecular complexity index is 500. The van der Waals surface area contributed by atoms with Gasteiger partial charge in [0, 0.05) is 5.75 Å². The Hall–Kier alpha value is -1.43. The normalized spacial score (nSPS) is 21.4. The van der Waals surface area contributed by atoms with Crippen LogP contribution >= 0.6 is 11.8 Å². The van der Waals surface area contributed by atoms with Crippen molar-refractivity contribution in [2.24, 2.45) is 5.92 Å². The fraction of sp³-hybridized carbons (Fsp3) is 0.625. The van der Waals surface area contributed by atoms with E-state index in [1.807, 2.05) is 13.8 Å². The summed E-state index contributed by atoms with van der Waals surface area (Å²) in [5, 5.41) is -0.000741. The number of esters is 1. The molecule has 1 aliphatic heterocycles. The second kappa shape index (κ2) is 7.72. The van der Waals surface area contributed by atoms with Gasteiger partial charge in [-0.25, -0.2) is 4.79 Å². The molecule has 2 atom stereocenters. The van der Waals surface area contributed by atoms with Gasteiger partial charge in [0.15, 0.2) is 5.76 Å². The minimum Gasteiger partial charge on any atom is -0.464 e. The van der Waals surface area contributed by atoms with Crippen LogP contribution in [0.4, 0.5) is 0 Å². The summed E-state index contributed by atoms with van der Waals surface area (Å²) < 4.78 is 10.5. The summed E-state index contributed by atoms with van der Waals surface area (Å²) >= 11 is 1.63. The Morgan fingerprint density at radius 1 is 1.50 bits per heavy atom. The van der Waals surface area contributed by atoms with E-state index in [0.29, 0.717) is 12.4 Å². The molecule has 0 N–H and O–H groups in total. The number of ether oxygens (including phenoxy) is 1. The lowest BCUT2D eigenvalue weighted by molar-refractivity contribution is -0.149. The van der Waals surface area contributed by atoms with Gasteiger partial charge in [-0.3, -0.25) is 4.79 Å². The summed E-state index contributed by atoms with van der Waals surface area (Å²) in [6.07, 6.45) is 3.27. The quantitative estimate of drug-likeness (QED) is 0.752. The Balaban J connectivity index is 2.14. The van der Waals surface area contributed by atoms with Gasteiger partial charge in [-0.15, -0.1) is 11.8 Å². The Morgan fingerprint density at radius 3 is 2.86 bits per heavy atom. The standard InChI is InChI=1S/C16H23NO4S/c1-4-6-14-17(15(18)13-7-5-8-20-13)12(10-22-14)16(19)21-9-11(2)3/h5,7-8,11-12,14H,4,6,9-10H2,1-3H3. The zero-order chi connectivity index (χ0) is 16.1. The number of thioether (sulfide) groups is 1. The van der Waals surface area contributed by atoms with Gasteiger partial charge < -0.3 is 14.1 Å². The first-order valence-corrected chi connectivity index (χ1v) is 8.73. The number of carbonyl (C=O) groups excluding carboxylic acids is 2. The van der Waals surface area contributed by atoms with E-state index in [0.717, 1.165) is 12.8 Å². The van der Waals surface area contributed by atoms with E-state index in [-0.39, 0.29) is 28.9 Å². The molecule has 1 amide bonds. The van der Waals surface area contributed by atoms with Crippen LogP contribution in [0.2, 0.25) is 0 Å². The SMILES string of the molecule is CCCC1SCC(C(=O)OCC(C)C)N1C(=O)c1ccco1. The highest BCUT2D eigenvalue weighted by molar-refractivity contribution is 8.00. The van der Waals surface area contributed by atoms with Crippen LogP contribution in [0.15, 0.2) is 22.8 Å². The molecule has 22 heavy (non-hydrogen) atoms. The topological polar surface area (TPSA) is 59.8 Å². The summed E-state index contributed by atoms with van der Waals surface area (Å²) in [6.45, 7) is 6.42. The van der Waals surface area contributed by atoms with Crippen LogP contribution < -0.4 is 0 Å². The van der Waals surface area contributed by atoms with Gasteiger partial charge in [0.05, 0.1) is 18.2 Å². The minimum atomic E-state index is -0.530. The molecular formula is C16H23NO4S. The van der Waals surface area contributed by atoms with E-state index in [9.17, 15) is 9.59 Å². The van der Waals surface area contributed by atoms with Gasteiger partial charge in [0.1, 0.15) is 6.04 Å². The second-order valence-electron chi connectivity index (χ2n) is 5.81. The number of hydrogen-bond donors (Lipinski definition) is 0. The lowest BCUT2D eigenvalue weighted by Crippen LogP contribution is -2.46. The fourth-order valence-electron chi connectivity index (χ4n) is 2.36. The van der Waals surface area contributed by atoms with E-state index in [1.54, 1.807) is 28.8 Å². The van der Waals surface area contributed by atoms with E-state index in [2.05, 4.69) is 6.92 Å². The molecule has 0 bridgehead atoms. The molecular weight excluding hydrogens is 302 g/mol. The van der Waals surface area contributed by atoms with Crippen molar-refractivity contribution in [1.82, 2.24) is 4.90 Å². The summed E-state index contributed by atoms with van der Waals surface area (Å²) in [4.78, 5) is 26.6. The number of rotatable bonds is 6. The molecule has 0 radical (unpaired) electrons. The van der Waals surface area contributed by atoms with Crippen LogP contribution in [0.25, 0.3) is 0 Å². The number of hydrogen-bond acceptors (Lipinski definition) is 5. The molecule has 0 saturated carbocycles. The van der Waals surface area contributed by atoms with Crippen molar-refractivity contribution in [3.05, 3.63) is 24.2 Å². The predicted octanol–water partition coefficient (Wildman–Crippen LogP) is 3.16. The average molecular weight is 325 g/mol. The summed E-state index contributed by atoms with van der Waals surface area (Å²) in [5.74, 6) is 0.567. The Labute approximate surface area is 135 Å². The van der Waals surface area contributed by atoms with E-state index in [4.69, 9.17) is 9.15 Å². The molecule has 2 rings (SSSR count). The number of amides is 1. The zero-order valence-electron chi connectivity index (χ0n) is 13.3. The van der Waals surface area contributed by atoms with E-state index in [1.165, 1.54) is 6.26 Å². The van der Waals surface area contributed by atoms with Crippen molar-refractivity contribution >= 4 is 23.6 Å². The van der Waals surface area contributed by atoms with Gasteiger partial charge in [-0.2, -0.15) is 0 Å². The molecule has 1 aromatic heterocycles. The highest BCUT2D eigenvalue weighted by Gasteiger charge is 2.43. The monoisotopic (exact) mass is 325 g/mol. The van der Waals surface area contributed by atoms with Crippen molar-refractivity contribution in [2.75, 3.05) is 12.4 Å². The Morgan fingerprint density at radius 2 is 2.27 bits per heavy atom. The lowest BCUT2D eigenvalue weighted by atomic mass is 10.2. The van der Waals surface area contributed by atoms with Gasteiger partial charge in [0.25, 0.3) is 5.91 Å². The molecule has 2 unspecified atom stereocenters. The minimum absolute atomic E-state index is 0.000741. The molecule has 1 saturated heterocycles. The van der Waals surface area contributed by atoms with Crippen molar-refractivity contribution < 1.29 is 18.7 Å². The first-order chi connectivity index (χ1) is 10.5. The van der Waals surface area contributed by atoms with Gasteiger partial charge in [-0.1, -0.05) is 27.2 Å². The maximum Gasteiger partial charge on any atom is 0.329 e. The third-order valence-electron chi connectivity index (χ3n) is 3.43. The van der Waals surface area contributed by atoms with Gasteiger partial charge >= 0.3 is 5.97 Å². The highest BCUT2D eigenvalue weighted by atomic mass is 32.2. The number of nitrogens with zero attached hydrogens (tertiary/aromatic N) is 1. The first kappa shape index (κ1) is 16.9. The molecule has 0 aliphatic carbocycles. The van der Waals surface area contributed by atoms with Crippen molar-refractivity contribution in [2.45, 2.75) is 45.0 Å². The maximum absolute atomic E-state index is 12.7. The second-order valence-corrected chi connectivity index (χ2v) is 7.02. The highest BCUT2D eigenvalue weighted by Crippen LogP contribution is 2.34. The molecule has 5 nitrogen and oxygen atoms in total. The average Bonchev–Trinajstić information content (AvgIpc) is 3.14. The van der Waals surface area contributed by atoms with Crippen LogP contribution in [0.3, 0.4) is 0 Å². The predicted molar refractivity (Wildman–Crippen MR) is 85.6 cm³/mol. The molecule has 0 aromatic carbocycles. The third kappa shape index (κ3) is 3.85. The van der Waals surface area contributed by atoms with E-state index < -0.39 is 6.04 Å². The van der Waals surface area contributed by atoms with Crippen molar-refractivity contribution in [3.8, 4) is 0 Å². The van der Waals surface area contributed by atoms with Crippen LogP contribution in [-0.4, -0.2) is 40.6 Å². The number of furan rings is 1. The molecule has 2 heterocycles. The largest absolute Gasteiger partial charge is 0.464 e. The van der Waals surface area contributed by atoms with Crippen LogP contribution in [0.5, 0.6) is 0 Å². The molecule has 6 heteroatoms.